The van der Waals surface area contributed by atoms with Crippen LogP contribution < -0.4 is 5.32 Å². The fourth-order valence-electron chi connectivity index (χ4n) is 5.12. The Morgan fingerprint density at radius 1 is 0.970 bits per heavy atom. The Balaban J connectivity index is 1.16. The normalized spacial score (nSPS) is 18.8. The number of aliphatic carboxylic acids is 1. The molecular weight excluding hydrogens is 420 g/mol. The summed E-state index contributed by atoms with van der Waals surface area (Å²) < 4.78 is 5.64. The zero-order chi connectivity index (χ0) is 23.0. The van der Waals surface area contributed by atoms with E-state index in [4.69, 9.17) is 9.84 Å². The fourth-order valence-corrected chi connectivity index (χ4v) is 5.12. The summed E-state index contributed by atoms with van der Waals surface area (Å²) in [5, 5.41) is 12.1. The maximum Gasteiger partial charge on any atom is 0.407 e. The van der Waals surface area contributed by atoms with Gasteiger partial charge in [0.1, 0.15) is 6.61 Å². The average Bonchev–Trinajstić information content (AvgIpc) is 3.49. The van der Waals surface area contributed by atoms with Crippen LogP contribution in [0.4, 0.5) is 4.79 Å². The van der Waals surface area contributed by atoms with Gasteiger partial charge in [-0.3, -0.25) is 9.59 Å². The molecule has 0 radical (unpaired) electrons. The predicted molar refractivity (Wildman–Crippen MR) is 122 cm³/mol. The number of carboxylic acids is 1. The van der Waals surface area contributed by atoms with Crippen LogP contribution in [0.5, 0.6) is 0 Å². The molecule has 3 aliphatic rings. The number of amides is 2. The van der Waals surface area contributed by atoms with Crippen molar-refractivity contribution in [1.82, 2.24) is 10.2 Å². The SMILES string of the molecule is O=C(NC1(CC(=O)N2CCC(C(=O)O)CC2)CC1)OCC1c2ccccc2-c2ccccc21. The number of nitrogens with one attached hydrogen (secondary N) is 1. The number of benzene rings is 2. The number of hydrogen-bond acceptors (Lipinski definition) is 4. The summed E-state index contributed by atoms with van der Waals surface area (Å²) in [6.07, 6.45) is 2.19. The van der Waals surface area contributed by atoms with Gasteiger partial charge < -0.3 is 20.1 Å². The van der Waals surface area contributed by atoms with Crippen LogP contribution in [0.1, 0.15) is 49.1 Å². The summed E-state index contributed by atoms with van der Waals surface area (Å²) in [5.41, 5.74) is 4.14. The van der Waals surface area contributed by atoms with Crippen LogP contribution in [0.15, 0.2) is 48.5 Å². The van der Waals surface area contributed by atoms with Gasteiger partial charge in [0, 0.05) is 19.0 Å². The van der Waals surface area contributed by atoms with Gasteiger partial charge in [0.05, 0.1) is 17.9 Å². The highest BCUT2D eigenvalue weighted by atomic mass is 16.5. The number of piperidine rings is 1. The molecule has 7 heteroatoms. The number of carbonyl (C=O) groups is 3. The molecule has 1 saturated carbocycles. The van der Waals surface area contributed by atoms with E-state index in [-0.39, 0.29) is 30.8 Å². The highest BCUT2D eigenvalue weighted by molar-refractivity contribution is 5.81. The molecular formula is C26H28N2O5. The van der Waals surface area contributed by atoms with Crippen LogP contribution in [0.2, 0.25) is 0 Å². The van der Waals surface area contributed by atoms with Crippen molar-refractivity contribution in [2.45, 2.75) is 43.6 Å². The van der Waals surface area contributed by atoms with E-state index in [1.54, 1.807) is 4.90 Å². The average molecular weight is 449 g/mol. The van der Waals surface area contributed by atoms with Crippen molar-refractivity contribution in [2.75, 3.05) is 19.7 Å². The third kappa shape index (κ3) is 4.32. The van der Waals surface area contributed by atoms with Gasteiger partial charge in [-0.2, -0.15) is 0 Å². The Morgan fingerprint density at radius 2 is 1.55 bits per heavy atom. The van der Waals surface area contributed by atoms with E-state index in [0.717, 1.165) is 24.0 Å². The van der Waals surface area contributed by atoms with Gasteiger partial charge >= 0.3 is 12.1 Å². The van der Waals surface area contributed by atoms with Crippen LogP contribution in [-0.2, 0) is 14.3 Å². The summed E-state index contributed by atoms with van der Waals surface area (Å²) in [5.74, 6) is -1.20. The molecule has 0 spiro atoms. The molecule has 5 rings (SSSR count). The molecule has 0 aromatic heterocycles. The van der Waals surface area contributed by atoms with Gasteiger partial charge in [0.25, 0.3) is 0 Å². The van der Waals surface area contributed by atoms with Crippen molar-refractivity contribution < 1.29 is 24.2 Å². The van der Waals surface area contributed by atoms with Crippen LogP contribution in [0, 0.1) is 5.92 Å². The Labute approximate surface area is 192 Å². The Hall–Kier alpha value is -3.35. The summed E-state index contributed by atoms with van der Waals surface area (Å²) in [4.78, 5) is 38.2. The molecule has 2 fully saturated rings. The van der Waals surface area contributed by atoms with Crippen molar-refractivity contribution in [2.24, 2.45) is 5.92 Å². The number of rotatable bonds is 6. The van der Waals surface area contributed by atoms with E-state index in [2.05, 4.69) is 29.6 Å². The zero-order valence-corrected chi connectivity index (χ0v) is 18.5. The Morgan fingerprint density at radius 3 is 2.09 bits per heavy atom. The van der Waals surface area contributed by atoms with Gasteiger partial charge in [-0.25, -0.2) is 4.79 Å². The highest BCUT2D eigenvalue weighted by Crippen LogP contribution is 2.45. The third-order valence-electron chi connectivity index (χ3n) is 7.25. The van der Waals surface area contributed by atoms with Crippen molar-refractivity contribution in [3.05, 3.63) is 59.7 Å². The molecule has 0 bridgehead atoms. The maximum absolute atomic E-state index is 12.7. The van der Waals surface area contributed by atoms with Gasteiger partial charge in [0.2, 0.25) is 5.91 Å². The first-order chi connectivity index (χ1) is 16.0. The minimum atomic E-state index is -0.794. The molecule has 2 aliphatic carbocycles. The first-order valence-electron chi connectivity index (χ1n) is 11.6. The van der Waals surface area contributed by atoms with E-state index < -0.39 is 17.6 Å². The molecule has 33 heavy (non-hydrogen) atoms. The quantitative estimate of drug-likeness (QED) is 0.701. The van der Waals surface area contributed by atoms with Gasteiger partial charge in [-0.05, 0) is 47.9 Å². The lowest BCUT2D eigenvalue weighted by Crippen LogP contribution is -2.45. The zero-order valence-electron chi connectivity index (χ0n) is 18.5. The first-order valence-corrected chi connectivity index (χ1v) is 11.6. The smallest absolute Gasteiger partial charge is 0.407 e. The van der Waals surface area contributed by atoms with Crippen molar-refractivity contribution in [3.63, 3.8) is 0 Å². The molecule has 172 valence electrons. The number of carboxylic acid groups (broad SMARTS) is 1. The predicted octanol–water partition coefficient (Wildman–Crippen LogP) is 3.77. The third-order valence-corrected chi connectivity index (χ3v) is 7.25. The van der Waals surface area contributed by atoms with Crippen molar-refractivity contribution in [3.8, 4) is 11.1 Å². The van der Waals surface area contributed by atoms with Crippen LogP contribution in [0.3, 0.4) is 0 Å². The summed E-state index contributed by atoms with van der Waals surface area (Å²) in [7, 11) is 0. The lowest BCUT2D eigenvalue weighted by Gasteiger charge is -2.31. The topological polar surface area (TPSA) is 95.9 Å². The molecule has 2 amide bonds. The number of hydrogen-bond donors (Lipinski definition) is 2. The molecule has 2 N–H and O–H groups in total. The van der Waals surface area contributed by atoms with Crippen LogP contribution >= 0.6 is 0 Å². The second-order valence-corrected chi connectivity index (χ2v) is 9.40. The number of nitrogens with zero attached hydrogens (tertiary/aromatic N) is 1. The Kier molecular flexibility index (Phi) is 5.56. The maximum atomic E-state index is 12.7. The number of carbonyl (C=O) groups excluding carboxylic acids is 2. The molecule has 2 aromatic carbocycles. The van der Waals surface area contributed by atoms with Gasteiger partial charge in [0.15, 0.2) is 0 Å². The molecule has 0 unspecified atom stereocenters. The fraction of sp³-hybridized carbons (Fsp3) is 0.423. The highest BCUT2D eigenvalue weighted by Gasteiger charge is 2.47. The molecule has 0 atom stereocenters. The van der Waals surface area contributed by atoms with Crippen LogP contribution in [0.25, 0.3) is 11.1 Å². The minimum Gasteiger partial charge on any atom is -0.481 e. The van der Waals surface area contributed by atoms with Gasteiger partial charge in [-0.1, -0.05) is 48.5 Å². The van der Waals surface area contributed by atoms with Crippen molar-refractivity contribution >= 4 is 18.0 Å². The van der Waals surface area contributed by atoms with E-state index >= 15 is 0 Å². The van der Waals surface area contributed by atoms with E-state index in [0.29, 0.717) is 25.9 Å². The number of likely N-dealkylation sites (tertiary alicyclic amines) is 1. The molecule has 1 heterocycles. The summed E-state index contributed by atoms with van der Waals surface area (Å²) in [6.45, 7) is 1.15. The number of ether oxygens (including phenoxy) is 1. The molecule has 1 aliphatic heterocycles. The minimum absolute atomic E-state index is 0.00420. The summed E-state index contributed by atoms with van der Waals surface area (Å²) >= 11 is 0. The monoisotopic (exact) mass is 448 g/mol. The molecule has 1 saturated heterocycles. The van der Waals surface area contributed by atoms with E-state index in [1.807, 2.05) is 24.3 Å². The summed E-state index contributed by atoms with van der Waals surface area (Å²) in [6, 6.07) is 16.4. The first kappa shape index (κ1) is 21.5. The van der Waals surface area contributed by atoms with Crippen LogP contribution in [-0.4, -0.2) is 53.2 Å². The lowest BCUT2D eigenvalue weighted by atomic mass is 9.96. The largest absolute Gasteiger partial charge is 0.481 e. The lowest BCUT2D eigenvalue weighted by molar-refractivity contribution is -0.145. The second kappa shape index (κ2) is 8.54. The standard InChI is InChI=1S/C26H28N2O5/c29-23(28-13-9-17(10-14-28)24(30)31)15-26(11-12-26)27-25(32)33-16-22-20-7-3-1-5-18(20)19-6-2-4-8-21(19)22/h1-8,17,22H,9-16H2,(H,27,32)(H,30,31). The van der Waals surface area contributed by atoms with Gasteiger partial charge in [-0.15, -0.1) is 0 Å². The molecule has 7 nitrogen and oxygen atoms in total. The molecule has 2 aromatic rings. The van der Waals surface area contributed by atoms with E-state index in [1.165, 1.54) is 11.1 Å². The number of fused-ring (bicyclic) bond motifs is 3. The Bertz CT molecular complexity index is 1040. The van der Waals surface area contributed by atoms with Crippen molar-refractivity contribution in [1.29, 1.82) is 0 Å². The number of alkyl carbamates (subject to hydrolysis) is 1. The van der Waals surface area contributed by atoms with E-state index in [9.17, 15) is 14.4 Å². The second-order valence-electron chi connectivity index (χ2n) is 9.40.